The molecule has 0 aliphatic heterocycles. The van der Waals surface area contributed by atoms with Crippen LogP contribution in [0.15, 0.2) is 54.6 Å². The molecule has 0 spiro atoms. The molecule has 1 atom stereocenters. The van der Waals surface area contributed by atoms with Crippen LogP contribution in [0.1, 0.15) is 12.5 Å². The molecule has 0 saturated heterocycles. The summed E-state index contributed by atoms with van der Waals surface area (Å²) in [5, 5.41) is 10.3. The van der Waals surface area contributed by atoms with Gasteiger partial charge in [-0.3, -0.25) is 0 Å². The quantitative estimate of drug-likeness (QED) is 0.547. The van der Waals surface area contributed by atoms with Crippen LogP contribution in [0, 0.1) is 0 Å². The van der Waals surface area contributed by atoms with E-state index >= 15 is 0 Å². The fourth-order valence-corrected chi connectivity index (χ4v) is 2.70. The summed E-state index contributed by atoms with van der Waals surface area (Å²) < 4.78 is 49.1. The molecular formula is C20H14ClF3O4. The second-order valence-corrected chi connectivity index (χ2v) is 6.42. The van der Waals surface area contributed by atoms with Crippen LogP contribution in [-0.2, 0) is 11.0 Å². The highest BCUT2D eigenvalue weighted by molar-refractivity contribution is 6.32. The van der Waals surface area contributed by atoms with Crippen molar-refractivity contribution in [1.29, 1.82) is 0 Å². The molecule has 28 heavy (non-hydrogen) atoms. The predicted molar refractivity (Wildman–Crippen MR) is 98.2 cm³/mol. The van der Waals surface area contributed by atoms with E-state index in [9.17, 15) is 18.0 Å². The third-order valence-electron chi connectivity index (χ3n) is 3.93. The number of halogens is 4. The van der Waals surface area contributed by atoms with Crippen molar-refractivity contribution in [3.8, 4) is 17.2 Å². The first kappa shape index (κ1) is 19.8. The lowest BCUT2D eigenvalue weighted by Gasteiger charge is -2.13. The maximum atomic E-state index is 12.7. The number of fused-ring (bicyclic) bond motifs is 1. The van der Waals surface area contributed by atoms with Crippen LogP contribution in [0.4, 0.5) is 13.2 Å². The van der Waals surface area contributed by atoms with E-state index in [-0.39, 0.29) is 10.8 Å². The molecule has 3 rings (SSSR count). The van der Waals surface area contributed by atoms with Gasteiger partial charge in [-0.2, -0.15) is 13.2 Å². The number of carboxylic acid groups (broad SMARTS) is 1. The summed E-state index contributed by atoms with van der Waals surface area (Å²) in [5.74, 6) is -0.176. The molecule has 0 heterocycles. The standard InChI is InChI=1S/C20H14ClF3O4/c1-11(19(25)26)27-15-5-2-13-9-16(6-3-12(13)8-15)28-18-7-4-14(10-17(18)21)20(22,23)24/h2-11H,1H3,(H,25,26). The van der Waals surface area contributed by atoms with Gasteiger partial charge in [0.2, 0.25) is 0 Å². The lowest BCUT2D eigenvalue weighted by molar-refractivity contribution is -0.144. The molecule has 1 unspecified atom stereocenters. The third-order valence-corrected chi connectivity index (χ3v) is 4.23. The number of aliphatic carboxylic acids is 1. The van der Waals surface area contributed by atoms with Gasteiger partial charge in [0.15, 0.2) is 6.10 Å². The van der Waals surface area contributed by atoms with Crippen molar-refractivity contribution >= 4 is 28.3 Å². The average Bonchev–Trinajstić information content (AvgIpc) is 2.62. The van der Waals surface area contributed by atoms with Crippen LogP contribution >= 0.6 is 11.6 Å². The van der Waals surface area contributed by atoms with Crippen molar-refractivity contribution < 1.29 is 32.5 Å². The minimum Gasteiger partial charge on any atom is -0.479 e. The smallest absolute Gasteiger partial charge is 0.416 e. The zero-order valence-electron chi connectivity index (χ0n) is 14.5. The Labute approximate surface area is 163 Å². The minimum absolute atomic E-state index is 0.101. The summed E-state index contributed by atoms with van der Waals surface area (Å²) in [4.78, 5) is 10.9. The number of carboxylic acids is 1. The molecule has 3 aromatic rings. The monoisotopic (exact) mass is 410 g/mol. The van der Waals surface area contributed by atoms with Crippen LogP contribution < -0.4 is 9.47 Å². The lowest BCUT2D eigenvalue weighted by atomic mass is 10.1. The number of rotatable bonds is 5. The Balaban J connectivity index is 1.82. The van der Waals surface area contributed by atoms with Crippen LogP contribution in [0.5, 0.6) is 17.2 Å². The molecule has 0 radical (unpaired) electrons. The lowest BCUT2D eigenvalue weighted by Crippen LogP contribution is -2.22. The first-order valence-corrected chi connectivity index (χ1v) is 8.49. The summed E-state index contributed by atoms with van der Waals surface area (Å²) in [7, 11) is 0. The van der Waals surface area contributed by atoms with Gasteiger partial charge in [-0.15, -0.1) is 0 Å². The van der Waals surface area contributed by atoms with Crippen molar-refractivity contribution in [1.82, 2.24) is 0 Å². The Morgan fingerprint density at radius 3 is 2.18 bits per heavy atom. The molecule has 0 aliphatic carbocycles. The highest BCUT2D eigenvalue weighted by Gasteiger charge is 2.31. The fraction of sp³-hybridized carbons (Fsp3) is 0.150. The van der Waals surface area contributed by atoms with Crippen molar-refractivity contribution in [3.05, 3.63) is 65.2 Å². The number of hydrogen-bond donors (Lipinski definition) is 1. The summed E-state index contributed by atoms with van der Waals surface area (Å²) in [6, 6.07) is 12.9. The molecule has 0 aromatic heterocycles. The normalized spacial score (nSPS) is 12.6. The van der Waals surface area contributed by atoms with E-state index < -0.39 is 23.8 Å². The zero-order chi connectivity index (χ0) is 20.5. The molecular weight excluding hydrogens is 397 g/mol. The summed E-state index contributed by atoms with van der Waals surface area (Å²) in [6.07, 6.45) is -5.47. The maximum absolute atomic E-state index is 12.7. The summed E-state index contributed by atoms with van der Waals surface area (Å²) in [6.45, 7) is 1.43. The van der Waals surface area contributed by atoms with Gasteiger partial charge >= 0.3 is 12.1 Å². The Hall–Kier alpha value is -2.93. The van der Waals surface area contributed by atoms with E-state index in [1.165, 1.54) is 13.0 Å². The molecule has 0 saturated carbocycles. The van der Waals surface area contributed by atoms with E-state index in [4.69, 9.17) is 26.2 Å². The number of benzene rings is 3. The highest BCUT2D eigenvalue weighted by atomic mass is 35.5. The molecule has 0 aliphatic rings. The second-order valence-electron chi connectivity index (χ2n) is 6.01. The average molecular weight is 411 g/mol. The predicted octanol–water partition coefficient (Wildman–Crippen LogP) is 6.16. The zero-order valence-corrected chi connectivity index (χ0v) is 15.2. The van der Waals surface area contributed by atoms with Gasteiger partial charge in [-0.25, -0.2) is 4.79 Å². The number of hydrogen-bond acceptors (Lipinski definition) is 3. The Morgan fingerprint density at radius 2 is 1.61 bits per heavy atom. The number of alkyl halides is 3. The SMILES string of the molecule is CC(Oc1ccc2cc(Oc3ccc(C(F)(F)F)cc3Cl)ccc2c1)C(=O)O. The van der Waals surface area contributed by atoms with Crippen LogP contribution in [-0.4, -0.2) is 17.2 Å². The molecule has 4 nitrogen and oxygen atoms in total. The van der Waals surface area contributed by atoms with Crippen LogP contribution in [0.2, 0.25) is 5.02 Å². The molecule has 0 amide bonds. The van der Waals surface area contributed by atoms with E-state index in [2.05, 4.69) is 0 Å². The molecule has 3 aromatic carbocycles. The minimum atomic E-state index is -4.48. The molecule has 146 valence electrons. The van der Waals surface area contributed by atoms with Gasteiger partial charge < -0.3 is 14.6 Å². The third kappa shape index (κ3) is 4.48. The summed E-state index contributed by atoms with van der Waals surface area (Å²) in [5.41, 5.74) is -0.855. The molecule has 8 heteroatoms. The summed E-state index contributed by atoms with van der Waals surface area (Å²) >= 11 is 5.91. The van der Waals surface area contributed by atoms with Crippen molar-refractivity contribution in [3.63, 3.8) is 0 Å². The largest absolute Gasteiger partial charge is 0.479 e. The van der Waals surface area contributed by atoms with Gasteiger partial charge in [-0.05, 0) is 60.2 Å². The van der Waals surface area contributed by atoms with Crippen molar-refractivity contribution in [2.45, 2.75) is 19.2 Å². The molecule has 1 N–H and O–H groups in total. The van der Waals surface area contributed by atoms with E-state index in [0.29, 0.717) is 11.5 Å². The second kappa shape index (κ2) is 7.59. The molecule has 0 fully saturated rings. The highest BCUT2D eigenvalue weighted by Crippen LogP contribution is 2.37. The van der Waals surface area contributed by atoms with Crippen LogP contribution in [0.25, 0.3) is 10.8 Å². The molecule has 0 bridgehead atoms. The number of ether oxygens (including phenoxy) is 2. The van der Waals surface area contributed by atoms with E-state index in [0.717, 1.165) is 22.9 Å². The van der Waals surface area contributed by atoms with Crippen LogP contribution in [0.3, 0.4) is 0 Å². The Kier molecular flexibility index (Phi) is 5.38. The maximum Gasteiger partial charge on any atom is 0.416 e. The Morgan fingerprint density at radius 1 is 1.00 bits per heavy atom. The first-order valence-electron chi connectivity index (χ1n) is 8.11. The van der Waals surface area contributed by atoms with Gasteiger partial charge in [0.25, 0.3) is 0 Å². The van der Waals surface area contributed by atoms with E-state index in [1.807, 2.05) is 0 Å². The topological polar surface area (TPSA) is 55.8 Å². The van der Waals surface area contributed by atoms with Crippen molar-refractivity contribution in [2.75, 3.05) is 0 Å². The fourth-order valence-electron chi connectivity index (χ4n) is 2.48. The van der Waals surface area contributed by atoms with Gasteiger partial charge in [0, 0.05) is 0 Å². The van der Waals surface area contributed by atoms with Gasteiger partial charge in [0.05, 0.1) is 10.6 Å². The first-order chi connectivity index (χ1) is 13.1. The van der Waals surface area contributed by atoms with E-state index in [1.54, 1.807) is 36.4 Å². The number of carbonyl (C=O) groups is 1. The Bertz CT molecular complexity index is 1030. The van der Waals surface area contributed by atoms with Gasteiger partial charge in [-0.1, -0.05) is 23.7 Å². The van der Waals surface area contributed by atoms with Crippen molar-refractivity contribution in [2.24, 2.45) is 0 Å². The van der Waals surface area contributed by atoms with Gasteiger partial charge in [0.1, 0.15) is 17.2 Å².